The first-order chi connectivity index (χ1) is 12.5. The lowest BCUT2D eigenvalue weighted by molar-refractivity contribution is 0.414. The van der Waals surface area contributed by atoms with Crippen molar-refractivity contribution in [2.45, 2.75) is 26.4 Å². The molecule has 4 nitrogen and oxygen atoms in total. The minimum absolute atomic E-state index is 0.0701. The van der Waals surface area contributed by atoms with Gasteiger partial charge < -0.3 is 10.1 Å². The topological polar surface area (TPSA) is 39.1 Å². The van der Waals surface area contributed by atoms with Crippen LogP contribution >= 0.6 is 11.6 Å². The molecule has 1 N–H and O–H groups in total. The first-order valence-corrected chi connectivity index (χ1v) is 8.73. The van der Waals surface area contributed by atoms with Gasteiger partial charge in [-0.05, 0) is 55.8 Å². The first-order valence-electron chi connectivity index (χ1n) is 8.36. The minimum Gasteiger partial charge on any atom is -0.497 e. The van der Waals surface area contributed by atoms with E-state index in [1.54, 1.807) is 13.2 Å². The summed E-state index contributed by atoms with van der Waals surface area (Å²) in [5.74, 6) is 0.408. The first kappa shape index (κ1) is 18.4. The predicted octanol–water partition coefficient (Wildman–Crippen LogP) is 4.83. The summed E-state index contributed by atoms with van der Waals surface area (Å²) in [4.78, 5) is 0. The Hall–Kier alpha value is -2.37. The number of halogens is 2. The third-order valence-electron chi connectivity index (χ3n) is 4.43. The summed E-state index contributed by atoms with van der Waals surface area (Å²) >= 11 is 5.73. The maximum atomic E-state index is 13.6. The van der Waals surface area contributed by atoms with Crippen LogP contribution in [0.3, 0.4) is 0 Å². The molecule has 26 heavy (non-hydrogen) atoms. The third kappa shape index (κ3) is 3.89. The number of aromatic nitrogens is 2. The second-order valence-corrected chi connectivity index (χ2v) is 6.55. The van der Waals surface area contributed by atoms with E-state index in [9.17, 15) is 4.39 Å². The summed E-state index contributed by atoms with van der Waals surface area (Å²) in [7, 11) is 1.65. The quantitative estimate of drug-likeness (QED) is 0.672. The fourth-order valence-corrected chi connectivity index (χ4v) is 2.98. The monoisotopic (exact) mass is 373 g/mol. The van der Waals surface area contributed by atoms with Gasteiger partial charge in [-0.3, -0.25) is 0 Å². The highest BCUT2D eigenvalue weighted by atomic mass is 35.5. The van der Waals surface area contributed by atoms with Crippen molar-refractivity contribution in [3.8, 4) is 11.4 Å². The fraction of sp³-hybridized carbons (Fsp3) is 0.250. The van der Waals surface area contributed by atoms with E-state index in [0.29, 0.717) is 6.54 Å². The van der Waals surface area contributed by atoms with E-state index >= 15 is 0 Å². The van der Waals surface area contributed by atoms with Gasteiger partial charge in [-0.25, -0.2) is 9.07 Å². The normalized spacial score (nSPS) is 12.2. The highest BCUT2D eigenvalue weighted by Crippen LogP contribution is 2.22. The van der Waals surface area contributed by atoms with Gasteiger partial charge in [0.05, 0.1) is 24.0 Å². The van der Waals surface area contributed by atoms with Crippen LogP contribution < -0.4 is 10.1 Å². The average Bonchev–Trinajstić information content (AvgIpc) is 3.04. The van der Waals surface area contributed by atoms with Gasteiger partial charge in [0.15, 0.2) is 0 Å². The number of nitrogens with zero attached hydrogens (tertiary/aromatic N) is 2. The summed E-state index contributed by atoms with van der Waals surface area (Å²) < 4.78 is 20.6. The Morgan fingerprint density at radius 1 is 1.23 bits per heavy atom. The largest absolute Gasteiger partial charge is 0.497 e. The van der Waals surface area contributed by atoms with Crippen molar-refractivity contribution in [2.24, 2.45) is 0 Å². The molecule has 3 rings (SSSR count). The lowest BCUT2D eigenvalue weighted by Gasteiger charge is -2.14. The van der Waals surface area contributed by atoms with Crippen LogP contribution in [-0.2, 0) is 6.54 Å². The lowest BCUT2D eigenvalue weighted by atomic mass is 10.1. The molecule has 1 unspecified atom stereocenters. The number of hydrogen-bond donors (Lipinski definition) is 1. The van der Waals surface area contributed by atoms with E-state index in [4.69, 9.17) is 16.3 Å². The van der Waals surface area contributed by atoms with Crippen molar-refractivity contribution in [1.29, 1.82) is 0 Å². The van der Waals surface area contributed by atoms with Crippen LogP contribution in [0.25, 0.3) is 5.69 Å². The number of hydrogen-bond acceptors (Lipinski definition) is 3. The van der Waals surface area contributed by atoms with Crippen molar-refractivity contribution in [3.05, 3.63) is 76.3 Å². The van der Waals surface area contributed by atoms with Gasteiger partial charge in [-0.15, -0.1) is 0 Å². The van der Waals surface area contributed by atoms with Gasteiger partial charge >= 0.3 is 0 Å². The van der Waals surface area contributed by atoms with E-state index in [-0.39, 0.29) is 11.1 Å². The van der Waals surface area contributed by atoms with Crippen LogP contribution in [0, 0.1) is 12.7 Å². The molecule has 0 spiro atoms. The van der Waals surface area contributed by atoms with Crippen LogP contribution in [-0.4, -0.2) is 16.9 Å². The van der Waals surface area contributed by atoms with Crippen molar-refractivity contribution < 1.29 is 9.13 Å². The van der Waals surface area contributed by atoms with E-state index in [0.717, 1.165) is 28.3 Å². The molecule has 1 atom stereocenters. The highest BCUT2D eigenvalue weighted by Gasteiger charge is 2.14. The zero-order chi connectivity index (χ0) is 18.7. The van der Waals surface area contributed by atoms with E-state index in [1.165, 1.54) is 6.07 Å². The molecule has 6 heteroatoms. The summed E-state index contributed by atoms with van der Waals surface area (Å²) in [6.45, 7) is 4.64. The molecular formula is C20H21ClFN3O. The van der Waals surface area contributed by atoms with Crippen molar-refractivity contribution >= 4 is 11.6 Å². The van der Waals surface area contributed by atoms with Gasteiger partial charge in [0.25, 0.3) is 0 Å². The van der Waals surface area contributed by atoms with Crippen LogP contribution in [0.1, 0.15) is 29.8 Å². The Morgan fingerprint density at radius 2 is 1.96 bits per heavy atom. The van der Waals surface area contributed by atoms with E-state index in [2.05, 4.69) is 17.3 Å². The summed E-state index contributed by atoms with van der Waals surface area (Å²) in [6, 6.07) is 12.7. The highest BCUT2D eigenvalue weighted by molar-refractivity contribution is 6.30. The van der Waals surface area contributed by atoms with Crippen molar-refractivity contribution in [2.75, 3.05) is 7.11 Å². The van der Waals surface area contributed by atoms with Gasteiger partial charge in [0.1, 0.15) is 11.6 Å². The van der Waals surface area contributed by atoms with Gasteiger partial charge in [0.2, 0.25) is 0 Å². The molecule has 0 saturated heterocycles. The second-order valence-electron chi connectivity index (χ2n) is 6.15. The van der Waals surface area contributed by atoms with Crippen LogP contribution in [0.5, 0.6) is 5.75 Å². The molecule has 0 saturated carbocycles. The van der Waals surface area contributed by atoms with Crippen LogP contribution in [0.4, 0.5) is 4.39 Å². The molecule has 0 aliphatic carbocycles. The molecule has 2 aromatic carbocycles. The van der Waals surface area contributed by atoms with Crippen molar-refractivity contribution in [3.63, 3.8) is 0 Å². The summed E-state index contributed by atoms with van der Waals surface area (Å²) in [5, 5.41) is 8.04. The third-order valence-corrected chi connectivity index (χ3v) is 4.73. The van der Waals surface area contributed by atoms with Gasteiger partial charge in [-0.2, -0.15) is 5.10 Å². The Bertz CT molecular complexity index is 893. The molecule has 3 aromatic rings. The molecule has 0 bridgehead atoms. The zero-order valence-corrected chi connectivity index (χ0v) is 15.7. The zero-order valence-electron chi connectivity index (χ0n) is 15.0. The predicted molar refractivity (Wildman–Crippen MR) is 102 cm³/mol. The number of ether oxygens (including phenoxy) is 1. The molecule has 0 aliphatic heterocycles. The van der Waals surface area contributed by atoms with Gasteiger partial charge in [-0.1, -0.05) is 17.7 Å². The molecule has 0 fully saturated rings. The molecule has 1 aromatic heterocycles. The SMILES string of the molecule is COc1ccc(-n2ncc(C(C)NCc3ccc(Cl)c(F)c3)c2C)cc1. The number of nitrogens with one attached hydrogen (secondary N) is 1. The number of methoxy groups -OCH3 is 1. The average molecular weight is 374 g/mol. The maximum absolute atomic E-state index is 13.6. The smallest absolute Gasteiger partial charge is 0.142 e. The molecule has 0 aliphatic rings. The Labute approximate surface area is 157 Å². The Morgan fingerprint density at radius 3 is 2.62 bits per heavy atom. The lowest BCUT2D eigenvalue weighted by Crippen LogP contribution is -2.18. The van der Waals surface area contributed by atoms with Gasteiger partial charge in [0, 0.05) is 23.8 Å². The second kappa shape index (κ2) is 7.89. The summed E-state index contributed by atoms with van der Waals surface area (Å²) in [5.41, 5.74) is 3.97. The fourth-order valence-electron chi connectivity index (χ4n) is 2.86. The van der Waals surface area contributed by atoms with Crippen LogP contribution in [0.15, 0.2) is 48.7 Å². The Kier molecular flexibility index (Phi) is 5.59. The number of benzene rings is 2. The molecule has 0 radical (unpaired) electrons. The number of rotatable bonds is 6. The summed E-state index contributed by atoms with van der Waals surface area (Å²) in [6.07, 6.45) is 1.86. The van der Waals surface area contributed by atoms with E-state index < -0.39 is 5.82 Å². The molecular weight excluding hydrogens is 353 g/mol. The molecule has 136 valence electrons. The maximum Gasteiger partial charge on any atom is 0.142 e. The standard InChI is InChI=1S/C20H21ClFN3O/c1-13(23-11-15-4-9-19(21)20(22)10-15)18-12-24-25(14(18)2)16-5-7-17(26-3)8-6-16/h4-10,12-13,23H,11H2,1-3H3. The van der Waals surface area contributed by atoms with Crippen molar-refractivity contribution in [1.82, 2.24) is 15.1 Å². The van der Waals surface area contributed by atoms with Crippen LogP contribution in [0.2, 0.25) is 5.02 Å². The molecule has 1 heterocycles. The van der Waals surface area contributed by atoms with E-state index in [1.807, 2.05) is 48.1 Å². The Balaban J connectivity index is 1.72. The molecule has 0 amide bonds. The minimum atomic E-state index is -0.401.